The van der Waals surface area contributed by atoms with Crippen LogP contribution in [0.15, 0.2) is 47.9 Å². The minimum absolute atomic E-state index is 0.0247. The summed E-state index contributed by atoms with van der Waals surface area (Å²) in [7, 11) is 0. The molecule has 6 heteroatoms. The third-order valence-corrected chi connectivity index (χ3v) is 3.65. The summed E-state index contributed by atoms with van der Waals surface area (Å²) in [4.78, 5) is 24.1. The molecule has 0 aliphatic rings. The Bertz CT molecular complexity index is 664. The van der Waals surface area contributed by atoms with Gasteiger partial charge in [-0.15, -0.1) is 11.3 Å². The number of thiophene rings is 1. The summed E-state index contributed by atoms with van der Waals surface area (Å²) in [5.41, 5.74) is 0.663. The van der Waals surface area contributed by atoms with Gasteiger partial charge in [0.25, 0.3) is 5.91 Å². The molecule has 23 heavy (non-hydrogen) atoms. The lowest BCUT2D eigenvalue weighted by molar-refractivity contribution is -0.123. The highest BCUT2D eigenvalue weighted by Gasteiger charge is 2.02. The first-order chi connectivity index (χ1) is 11.2. The highest BCUT2D eigenvalue weighted by Crippen LogP contribution is 2.16. The molecule has 0 fully saturated rings. The van der Waals surface area contributed by atoms with Gasteiger partial charge in [-0.3, -0.25) is 9.59 Å². The highest BCUT2D eigenvalue weighted by molar-refractivity contribution is 7.10. The number of nitrogens with one attached hydrogen (secondary N) is 2. The van der Waals surface area contributed by atoms with E-state index in [0.29, 0.717) is 18.0 Å². The number of amides is 2. The molecule has 0 aliphatic carbocycles. The second-order valence-electron chi connectivity index (χ2n) is 4.60. The van der Waals surface area contributed by atoms with Gasteiger partial charge in [0.1, 0.15) is 5.75 Å². The summed E-state index contributed by atoms with van der Waals surface area (Å²) in [5, 5.41) is 7.37. The van der Waals surface area contributed by atoms with Gasteiger partial charge in [-0.1, -0.05) is 6.07 Å². The molecule has 2 aromatic rings. The minimum Gasteiger partial charge on any atom is -0.484 e. The van der Waals surface area contributed by atoms with Crippen LogP contribution in [0.5, 0.6) is 5.75 Å². The Morgan fingerprint density at radius 3 is 2.65 bits per heavy atom. The van der Waals surface area contributed by atoms with Crippen LogP contribution in [0, 0.1) is 0 Å². The van der Waals surface area contributed by atoms with Crippen LogP contribution in [0.4, 0.5) is 5.69 Å². The van der Waals surface area contributed by atoms with Crippen LogP contribution in [0.1, 0.15) is 11.8 Å². The molecule has 120 valence electrons. The molecule has 5 nitrogen and oxygen atoms in total. The molecular weight excluding hydrogens is 312 g/mol. The standard InChI is InChI=1S/C17H18N2O3S/c1-2-18-17(21)12-22-14-7-5-13(6-8-14)19-16(20)10-9-15-4-3-11-23-15/h3-11H,2,12H2,1H3,(H,18,21)(H,19,20)/b10-9+. The molecule has 0 saturated carbocycles. The number of hydrogen-bond donors (Lipinski definition) is 2. The second-order valence-corrected chi connectivity index (χ2v) is 5.58. The maximum absolute atomic E-state index is 11.8. The second kappa shape index (κ2) is 8.75. The van der Waals surface area contributed by atoms with Crippen molar-refractivity contribution >= 4 is 34.9 Å². The Labute approximate surface area is 139 Å². The number of anilines is 1. The van der Waals surface area contributed by atoms with Gasteiger partial charge in [-0.25, -0.2) is 0 Å². The predicted octanol–water partition coefficient (Wildman–Crippen LogP) is 2.91. The number of ether oxygens (including phenoxy) is 1. The molecule has 1 aromatic carbocycles. The number of hydrogen-bond acceptors (Lipinski definition) is 4. The van der Waals surface area contributed by atoms with Crippen molar-refractivity contribution in [2.45, 2.75) is 6.92 Å². The first-order valence-corrected chi connectivity index (χ1v) is 8.07. The molecule has 0 saturated heterocycles. The van der Waals surface area contributed by atoms with E-state index in [9.17, 15) is 9.59 Å². The number of benzene rings is 1. The van der Waals surface area contributed by atoms with Crippen LogP contribution in [0.25, 0.3) is 6.08 Å². The van der Waals surface area contributed by atoms with Crippen molar-refractivity contribution in [3.63, 3.8) is 0 Å². The van der Waals surface area contributed by atoms with Crippen LogP contribution in [-0.2, 0) is 9.59 Å². The topological polar surface area (TPSA) is 67.4 Å². The van der Waals surface area contributed by atoms with Gasteiger partial charge in [0.15, 0.2) is 6.61 Å². The van der Waals surface area contributed by atoms with Gasteiger partial charge in [0.2, 0.25) is 5.91 Å². The Morgan fingerprint density at radius 2 is 2.00 bits per heavy atom. The molecule has 1 heterocycles. The SMILES string of the molecule is CCNC(=O)COc1ccc(NC(=O)/C=C/c2cccs2)cc1. The zero-order chi connectivity index (χ0) is 16.5. The number of likely N-dealkylation sites (N-methyl/N-ethyl adjacent to an activating group) is 1. The smallest absolute Gasteiger partial charge is 0.257 e. The van der Waals surface area contributed by atoms with Crippen LogP contribution in [0.2, 0.25) is 0 Å². The quantitative estimate of drug-likeness (QED) is 0.767. The lowest BCUT2D eigenvalue weighted by Crippen LogP contribution is -2.28. The van der Waals surface area contributed by atoms with Crippen molar-refractivity contribution in [3.05, 3.63) is 52.7 Å². The van der Waals surface area contributed by atoms with E-state index in [2.05, 4.69) is 10.6 Å². The molecule has 0 spiro atoms. The Kier molecular flexibility index (Phi) is 6.38. The number of carbonyl (C=O) groups excluding carboxylic acids is 2. The fourth-order valence-electron chi connectivity index (χ4n) is 1.76. The first-order valence-electron chi connectivity index (χ1n) is 7.19. The van der Waals surface area contributed by atoms with Crippen LogP contribution in [-0.4, -0.2) is 25.0 Å². The first kappa shape index (κ1) is 16.8. The summed E-state index contributed by atoms with van der Waals surface area (Å²) in [5.74, 6) is 0.210. The monoisotopic (exact) mass is 330 g/mol. The predicted molar refractivity (Wildman–Crippen MR) is 92.6 cm³/mol. The maximum Gasteiger partial charge on any atom is 0.257 e. The molecule has 2 amide bonds. The van der Waals surface area contributed by atoms with Crippen LogP contribution >= 0.6 is 11.3 Å². The molecule has 0 radical (unpaired) electrons. The van der Waals surface area contributed by atoms with Gasteiger partial charge in [0, 0.05) is 23.2 Å². The van der Waals surface area contributed by atoms with Crippen molar-refractivity contribution in [2.75, 3.05) is 18.5 Å². The molecule has 2 N–H and O–H groups in total. The van der Waals surface area contributed by atoms with E-state index in [1.54, 1.807) is 41.7 Å². The summed E-state index contributed by atoms with van der Waals surface area (Å²) in [6, 6.07) is 10.7. The molecule has 0 unspecified atom stereocenters. The zero-order valence-electron chi connectivity index (χ0n) is 12.7. The largest absolute Gasteiger partial charge is 0.484 e. The molecular formula is C17H18N2O3S. The van der Waals surface area contributed by atoms with Crippen molar-refractivity contribution in [1.82, 2.24) is 5.32 Å². The molecule has 2 rings (SSSR count). The Morgan fingerprint density at radius 1 is 1.22 bits per heavy atom. The fourth-order valence-corrected chi connectivity index (χ4v) is 2.38. The van der Waals surface area contributed by atoms with Crippen LogP contribution < -0.4 is 15.4 Å². The average molecular weight is 330 g/mol. The molecule has 0 aliphatic heterocycles. The number of carbonyl (C=O) groups is 2. The van der Waals surface area contributed by atoms with Gasteiger partial charge < -0.3 is 15.4 Å². The van der Waals surface area contributed by atoms with Crippen LogP contribution in [0.3, 0.4) is 0 Å². The van der Waals surface area contributed by atoms with E-state index in [4.69, 9.17) is 4.74 Å². The van der Waals surface area contributed by atoms with E-state index in [1.807, 2.05) is 24.4 Å². The van der Waals surface area contributed by atoms with E-state index in [0.717, 1.165) is 4.88 Å². The van der Waals surface area contributed by atoms with Gasteiger partial charge in [-0.2, -0.15) is 0 Å². The van der Waals surface area contributed by atoms with E-state index >= 15 is 0 Å². The Hall–Kier alpha value is -2.60. The normalized spacial score (nSPS) is 10.5. The maximum atomic E-state index is 11.8. The molecule has 1 aromatic heterocycles. The summed E-state index contributed by atoms with van der Waals surface area (Å²) in [6.45, 7) is 2.40. The van der Waals surface area contributed by atoms with E-state index < -0.39 is 0 Å². The number of rotatable bonds is 7. The lowest BCUT2D eigenvalue weighted by Gasteiger charge is -2.07. The summed E-state index contributed by atoms with van der Waals surface area (Å²) >= 11 is 1.57. The van der Waals surface area contributed by atoms with Crippen molar-refractivity contribution < 1.29 is 14.3 Å². The van der Waals surface area contributed by atoms with E-state index in [-0.39, 0.29) is 18.4 Å². The minimum atomic E-state index is -0.200. The van der Waals surface area contributed by atoms with Crippen molar-refractivity contribution in [3.8, 4) is 5.75 Å². The van der Waals surface area contributed by atoms with Crippen molar-refractivity contribution in [2.24, 2.45) is 0 Å². The summed E-state index contributed by atoms with van der Waals surface area (Å²) in [6.07, 6.45) is 3.26. The third kappa shape index (κ3) is 5.96. The fraction of sp³-hybridized carbons (Fsp3) is 0.176. The Balaban J connectivity index is 1.82. The van der Waals surface area contributed by atoms with Crippen molar-refractivity contribution in [1.29, 1.82) is 0 Å². The average Bonchev–Trinajstić information content (AvgIpc) is 3.06. The van der Waals surface area contributed by atoms with E-state index in [1.165, 1.54) is 6.08 Å². The van der Waals surface area contributed by atoms with Gasteiger partial charge >= 0.3 is 0 Å². The zero-order valence-corrected chi connectivity index (χ0v) is 13.6. The molecule has 0 bridgehead atoms. The van der Waals surface area contributed by atoms with Gasteiger partial charge in [0.05, 0.1) is 0 Å². The van der Waals surface area contributed by atoms with Gasteiger partial charge in [-0.05, 0) is 48.7 Å². The lowest BCUT2D eigenvalue weighted by atomic mass is 10.3. The summed E-state index contributed by atoms with van der Waals surface area (Å²) < 4.78 is 5.34. The molecule has 0 atom stereocenters. The third-order valence-electron chi connectivity index (χ3n) is 2.81. The highest BCUT2D eigenvalue weighted by atomic mass is 32.1.